The van der Waals surface area contributed by atoms with Gasteiger partial charge in [-0.3, -0.25) is 0 Å². The summed E-state index contributed by atoms with van der Waals surface area (Å²) >= 11 is 5.79. The number of rotatable bonds is 2. The van der Waals surface area contributed by atoms with Crippen LogP contribution in [-0.4, -0.2) is 4.57 Å². The lowest BCUT2D eigenvalue weighted by atomic mass is 10.1. The summed E-state index contributed by atoms with van der Waals surface area (Å²) in [5.41, 5.74) is 2.51. The molecule has 0 saturated heterocycles. The first kappa shape index (κ1) is 9.35. The Morgan fingerprint density at radius 2 is 2.21 bits per heavy atom. The van der Waals surface area contributed by atoms with Crippen LogP contribution < -0.4 is 0 Å². The van der Waals surface area contributed by atoms with E-state index in [1.54, 1.807) is 0 Å². The zero-order valence-corrected chi connectivity index (χ0v) is 8.88. The summed E-state index contributed by atoms with van der Waals surface area (Å²) in [4.78, 5) is 0. The molecule has 1 aromatic carbocycles. The number of hydrogen-bond donors (Lipinski definition) is 0. The molecule has 72 valence electrons. The Kier molecular flexibility index (Phi) is 2.34. The SMILES string of the molecule is C=C(Cl)Cn1ccc2c(C)cccc21. The molecule has 0 radical (unpaired) electrons. The van der Waals surface area contributed by atoms with Gasteiger partial charge < -0.3 is 4.57 Å². The van der Waals surface area contributed by atoms with E-state index in [2.05, 4.69) is 42.3 Å². The van der Waals surface area contributed by atoms with Crippen LogP contribution in [0.5, 0.6) is 0 Å². The molecule has 0 spiro atoms. The van der Waals surface area contributed by atoms with Crippen LogP contribution in [0.2, 0.25) is 0 Å². The highest BCUT2D eigenvalue weighted by Crippen LogP contribution is 2.20. The van der Waals surface area contributed by atoms with Gasteiger partial charge >= 0.3 is 0 Å². The molecule has 2 aromatic rings. The summed E-state index contributed by atoms with van der Waals surface area (Å²) in [6.45, 7) is 6.49. The number of fused-ring (bicyclic) bond motifs is 1. The average molecular weight is 206 g/mol. The fourth-order valence-electron chi connectivity index (χ4n) is 1.70. The second kappa shape index (κ2) is 3.50. The zero-order valence-electron chi connectivity index (χ0n) is 8.13. The lowest BCUT2D eigenvalue weighted by Crippen LogP contribution is -1.94. The van der Waals surface area contributed by atoms with Crippen LogP contribution in [-0.2, 0) is 6.54 Å². The maximum atomic E-state index is 5.79. The Morgan fingerprint density at radius 1 is 1.43 bits per heavy atom. The van der Waals surface area contributed by atoms with E-state index in [-0.39, 0.29) is 0 Å². The van der Waals surface area contributed by atoms with Gasteiger partial charge in [-0.15, -0.1) is 0 Å². The monoisotopic (exact) mass is 205 g/mol. The highest BCUT2D eigenvalue weighted by molar-refractivity contribution is 6.29. The van der Waals surface area contributed by atoms with Crippen molar-refractivity contribution in [3.8, 4) is 0 Å². The molecule has 0 bridgehead atoms. The normalized spacial score (nSPS) is 10.7. The number of halogens is 1. The molecule has 0 N–H and O–H groups in total. The molecule has 0 fully saturated rings. The molecule has 2 heteroatoms. The van der Waals surface area contributed by atoms with Gasteiger partial charge in [-0.2, -0.15) is 0 Å². The van der Waals surface area contributed by atoms with Crippen molar-refractivity contribution in [2.75, 3.05) is 0 Å². The highest BCUT2D eigenvalue weighted by atomic mass is 35.5. The van der Waals surface area contributed by atoms with Gasteiger partial charge in [0.05, 0.1) is 6.54 Å². The van der Waals surface area contributed by atoms with E-state index in [4.69, 9.17) is 11.6 Å². The van der Waals surface area contributed by atoms with Crippen molar-refractivity contribution in [3.05, 3.63) is 47.6 Å². The minimum Gasteiger partial charge on any atom is -0.342 e. The van der Waals surface area contributed by atoms with Crippen molar-refractivity contribution in [3.63, 3.8) is 0 Å². The van der Waals surface area contributed by atoms with Crippen molar-refractivity contribution in [1.82, 2.24) is 4.57 Å². The Hall–Kier alpha value is -1.21. The van der Waals surface area contributed by atoms with Crippen molar-refractivity contribution in [1.29, 1.82) is 0 Å². The van der Waals surface area contributed by atoms with Gasteiger partial charge in [0.1, 0.15) is 0 Å². The third-order valence-electron chi connectivity index (χ3n) is 2.37. The number of allylic oxidation sites excluding steroid dienone is 1. The van der Waals surface area contributed by atoms with Crippen molar-refractivity contribution >= 4 is 22.5 Å². The molecule has 1 aromatic heterocycles. The Morgan fingerprint density at radius 3 is 2.93 bits per heavy atom. The van der Waals surface area contributed by atoms with Gasteiger partial charge in [0.25, 0.3) is 0 Å². The van der Waals surface area contributed by atoms with Crippen LogP contribution in [0.25, 0.3) is 10.9 Å². The Balaban J connectivity index is 2.58. The highest BCUT2D eigenvalue weighted by Gasteiger charge is 2.02. The van der Waals surface area contributed by atoms with Gasteiger partial charge in [-0.1, -0.05) is 30.3 Å². The van der Waals surface area contributed by atoms with E-state index in [0.29, 0.717) is 11.6 Å². The van der Waals surface area contributed by atoms with Crippen molar-refractivity contribution in [2.24, 2.45) is 0 Å². The summed E-state index contributed by atoms with van der Waals surface area (Å²) in [7, 11) is 0. The molecule has 0 atom stereocenters. The molecule has 0 aliphatic rings. The average Bonchev–Trinajstić information content (AvgIpc) is 2.49. The molecule has 0 amide bonds. The molecular formula is C12H12ClN. The minimum absolute atomic E-state index is 0.656. The first-order valence-electron chi connectivity index (χ1n) is 4.56. The maximum Gasteiger partial charge on any atom is 0.0577 e. The van der Waals surface area contributed by atoms with E-state index in [9.17, 15) is 0 Å². The van der Waals surface area contributed by atoms with Crippen LogP contribution in [0, 0.1) is 6.92 Å². The lowest BCUT2D eigenvalue weighted by Gasteiger charge is -2.03. The maximum absolute atomic E-state index is 5.79. The second-order valence-electron chi connectivity index (χ2n) is 3.47. The molecule has 0 unspecified atom stereocenters. The van der Waals surface area contributed by atoms with Crippen LogP contribution in [0.3, 0.4) is 0 Å². The van der Waals surface area contributed by atoms with Gasteiger partial charge in [0, 0.05) is 22.1 Å². The standard InChI is InChI=1S/C12H12ClN/c1-9-4-3-5-12-11(9)6-7-14(12)8-10(2)13/h3-7H,2,8H2,1H3. The van der Waals surface area contributed by atoms with Crippen LogP contribution in [0.15, 0.2) is 42.1 Å². The summed E-state index contributed by atoms with van der Waals surface area (Å²) in [5.74, 6) is 0. The van der Waals surface area contributed by atoms with Gasteiger partial charge in [0.2, 0.25) is 0 Å². The summed E-state index contributed by atoms with van der Waals surface area (Å²) in [5, 5.41) is 1.94. The fourth-order valence-corrected chi connectivity index (χ4v) is 1.83. The zero-order chi connectivity index (χ0) is 10.1. The first-order valence-corrected chi connectivity index (χ1v) is 4.94. The minimum atomic E-state index is 0.656. The lowest BCUT2D eigenvalue weighted by molar-refractivity contribution is 0.853. The van der Waals surface area contributed by atoms with E-state index < -0.39 is 0 Å². The van der Waals surface area contributed by atoms with Crippen LogP contribution >= 0.6 is 11.6 Å². The Bertz CT molecular complexity index is 482. The summed E-state index contributed by atoms with van der Waals surface area (Å²) in [6, 6.07) is 8.39. The van der Waals surface area contributed by atoms with E-state index in [0.717, 1.165) is 0 Å². The molecule has 1 heterocycles. The molecule has 0 aliphatic heterocycles. The van der Waals surface area contributed by atoms with Crippen molar-refractivity contribution < 1.29 is 0 Å². The van der Waals surface area contributed by atoms with E-state index in [1.807, 2.05) is 6.20 Å². The second-order valence-corrected chi connectivity index (χ2v) is 4.00. The largest absolute Gasteiger partial charge is 0.342 e. The van der Waals surface area contributed by atoms with Gasteiger partial charge in [0.15, 0.2) is 0 Å². The topological polar surface area (TPSA) is 4.93 Å². The van der Waals surface area contributed by atoms with Crippen LogP contribution in [0.4, 0.5) is 0 Å². The number of benzene rings is 1. The third-order valence-corrected chi connectivity index (χ3v) is 2.49. The molecular weight excluding hydrogens is 194 g/mol. The molecule has 14 heavy (non-hydrogen) atoms. The van der Waals surface area contributed by atoms with Crippen molar-refractivity contribution in [2.45, 2.75) is 13.5 Å². The molecule has 2 rings (SSSR count). The molecule has 1 nitrogen and oxygen atoms in total. The Labute approximate surface area is 88.6 Å². The number of aromatic nitrogens is 1. The van der Waals surface area contributed by atoms with Gasteiger partial charge in [-0.05, 0) is 24.6 Å². The number of nitrogens with zero attached hydrogens (tertiary/aromatic N) is 1. The fraction of sp³-hybridized carbons (Fsp3) is 0.167. The van der Waals surface area contributed by atoms with Crippen LogP contribution in [0.1, 0.15) is 5.56 Å². The predicted molar refractivity (Wildman–Crippen MR) is 61.7 cm³/mol. The van der Waals surface area contributed by atoms with E-state index in [1.165, 1.54) is 16.5 Å². The van der Waals surface area contributed by atoms with Gasteiger partial charge in [-0.25, -0.2) is 0 Å². The first-order chi connectivity index (χ1) is 6.68. The number of hydrogen-bond acceptors (Lipinski definition) is 0. The van der Waals surface area contributed by atoms with E-state index >= 15 is 0 Å². The quantitative estimate of drug-likeness (QED) is 0.705. The summed E-state index contributed by atoms with van der Waals surface area (Å²) in [6.07, 6.45) is 2.05. The molecule has 0 aliphatic carbocycles. The predicted octanol–water partition coefficient (Wildman–Crippen LogP) is 3.70. The third kappa shape index (κ3) is 1.55. The molecule has 0 saturated carbocycles. The number of aryl methyl sites for hydroxylation is 1. The summed E-state index contributed by atoms with van der Waals surface area (Å²) < 4.78 is 2.11. The smallest absolute Gasteiger partial charge is 0.0577 e.